The summed E-state index contributed by atoms with van der Waals surface area (Å²) >= 11 is 0. The molecule has 0 radical (unpaired) electrons. The van der Waals surface area contributed by atoms with Crippen molar-refractivity contribution >= 4 is 5.91 Å². The first-order valence-corrected chi connectivity index (χ1v) is 9.69. The second-order valence-corrected chi connectivity index (χ2v) is 7.51. The number of aromatic nitrogens is 2. The fraction of sp³-hybridized carbons (Fsp3) is 0.261. The van der Waals surface area contributed by atoms with E-state index >= 15 is 0 Å². The summed E-state index contributed by atoms with van der Waals surface area (Å²) in [6.45, 7) is 5.41. The molecule has 1 atom stereocenters. The van der Waals surface area contributed by atoms with E-state index in [9.17, 15) is 19.1 Å². The van der Waals surface area contributed by atoms with Crippen molar-refractivity contribution in [3.05, 3.63) is 81.9 Å². The van der Waals surface area contributed by atoms with E-state index < -0.39 is 23.3 Å². The molecule has 0 unspecified atom stereocenters. The number of aliphatic hydroxyl groups excluding tert-OH is 1. The van der Waals surface area contributed by atoms with Crippen LogP contribution in [0.3, 0.4) is 0 Å². The number of carbonyl (C=O) groups is 1. The summed E-state index contributed by atoms with van der Waals surface area (Å²) in [5.41, 5.74) is 1.57. The van der Waals surface area contributed by atoms with E-state index in [1.807, 2.05) is 45.0 Å². The first kappa shape index (κ1) is 21.4. The molecule has 0 bridgehead atoms. The van der Waals surface area contributed by atoms with Crippen LogP contribution in [0.1, 0.15) is 29.8 Å². The minimum absolute atomic E-state index is 0.0252. The number of halogens is 1. The van der Waals surface area contributed by atoms with Crippen LogP contribution in [-0.4, -0.2) is 33.4 Å². The molecular weight excluding hydrogens is 385 g/mol. The van der Waals surface area contributed by atoms with Crippen LogP contribution in [0.15, 0.2) is 59.4 Å². The average Bonchev–Trinajstić information content (AvgIpc) is 2.72. The molecule has 3 aromatic rings. The predicted molar refractivity (Wildman–Crippen MR) is 113 cm³/mol. The second-order valence-electron chi connectivity index (χ2n) is 7.51. The monoisotopic (exact) mass is 409 g/mol. The molecule has 6 nitrogen and oxygen atoms in total. The van der Waals surface area contributed by atoms with Crippen LogP contribution in [0.4, 0.5) is 4.39 Å². The van der Waals surface area contributed by atoms with Crippen molar-refractivity contribution in [3.63, 3.8) is 0 Å². The molecule has 1 aromatic heterocycles. The zero-order chi connectivity index (χ0) is 21.8. The molecule has 1 amide bonds. The van der Waals surface area contributed by atoms with Gasteiger partial charge in [-0.3, -0.25) is 9.59 Å². The van der Waals surface area contributed by atoms with Crippen LogP contribution in [0.5, 0.6) is 0 Å². The van der Waals surface area contributed by atoms with Gasteiger partial charge in [0.1, 0.15) is 11.4 Å². The highest BCUT2D eigenvalue weighted by Crippen LogP contribution is 2.19. The van der Waals surface area contributed by atoms with Crippen molar-refractivity contribution in [1.82, 2.24) is 15.1 Å². The summed E-state index contributed by atoms with van der Waals surface area (Å²) in [5.74, 6) is -1.16. The summed E-state index contributed by atoms with van der Waals surface area (Å²) in [6, 6.07) is 13.8. The minimum Gasteiger partial charge on any atom is -0.394 e. The first-order chi connectivity index (χ1) is 14.3. The van der Waals surface area contributed by atoms with Crippen LogP contribution in [-0.2, 0) is 0 Å². The van der Waals surface area contributed by atoms with Gasteiger partial charge in [0.2, 0.25) is 0 Å². The standard InChI is InChI=1S/C23H24FN3O3/c1-14(2)21(13-28)25-22(29)19-12-20(16-9-7-15(3)8-10-16)26-27(23(19)30)18-6-4-5-17(24)11-18/h4-12,14,21,28H,13H2,1-3H3,(H,25,29)/t21-/m0/s1. The second kappa shape index (κ2) is 9.00. The topological polar surface area (TPSA) is 84.2 Å². The summed E-state index contributed by atoms with van der Waals surface area (Å²) in [4.78, 5) is 25.9. The van der Waals surface area contributed by atoms with Gasteiger partial charge in [0.15, 0.2) is 0 Å². The molecule has 156 valence electrons. The smallest absolute Gasteiger partial charge is 0.284 e. The first-order valence-electron chi connectivity index (χ1n) is 9.69. The molecule has 2 N–H and O–H groups in total. The summed E-state index contributed by atoms with van der Waals surface area (Å²) in [5, 5.41) is 16.6. The quantitative estimate of drug-likeness (QED) is 0.655. The Labute approximate surface area is 174 Å². The van der Waals surface area contributed by atoms with E-state index in [1.54, 1.807) is 6.07 Å². The Bertz CT molecular complexity index is 1110. The highest BCUT2D eigenvalue weighted by Gasteiger charge is 2.21. The maximum absolute atomic E-state index is 13.8. The van der Waals surface area contributed by atoms with E-state index in [-0.39, 0.29) is 23.8 Å². The number of hydrogen-bond donors (Lipinski definition) is 2. The van der Waals surface area contributed by atoms with Crippen molar-refractivity contribution in [2.75, 3.05) is 6.61 Å². The lowest BCUT2D eigenvalue weighted by molar-refractivity contribution is 0.0894. The van der Waals surface area contributed by atoms with Gasteiger partial charge >= 0.3 is 0 Å². The van der Waals surface area contributed by atoms with Crippen molar-refractivity contribution in [2.45, 2.75) is 26.8 Å². The lowest BCUT2D eigenvalue weighted by atomic mass is 10.0. The lowest BCUT2D eigenvalue weighted by Gasteiger charge is -2.20. The largest absolute Gasteiger partial charge is 0.394 e. The van der Waals surface area contributed by atoms with Crippen LogP contribution in [0.25, 0.3) is 16.9 Å². The maximum Gasteiger partial charge on any atom is 0.284 e. The number of amides is 1. The third-order valence-electron chi connectivity index (χ3n) is 4.87. The zero-order valence-corrected chi connectivity index (χ0v) is 17.1. The van der Waals surface area contributed by atoms with Crippen molar-refractivity contribution in [2.24, 2.45) is 5.92 Å². The highest BCUT2D eigenvalue weighted by molar-refractivity contribution is 5.95. The summed E-state index contributed by atoms with van der Waals surface area (Å²) < 4.78 is 14.8. The van der Waals surface area contributed by atoms with Crippen molar-refractivity contribution in [3.8, 4) is 16.9 Å². The highest BCUT2D eigenvalue weighted by atomic mass is 19.1. The van der Waals surface area contributed by atoms with Gasteiger partial charge in [0.25, 0.3) is 11.5 Å². The predicted octanol–water partition coefficient (Wildman–Crippen LogP) is 3.09. The Hall–Kier alpha value is -3.32. The van der Waals surface area contributed by atoms with Crippen LogP contribution in [0.2, 0.25) is 0 Å². The van der Waals surface area contributed by atoms with Gasteiger partial charge in [-0.2, -0.15) is 9.78 Å². The molecule has 0 spiro atoms. The molecule has 0 fully saturated rings. The van der Waals surface area contributed by atoms with Crippen LogP contribution < -0.4 is 10.9 Å². The third kappa shape index (κ3) is 4.63. The number of nitrogens with one attached hydrogen (secondary N) is 1. The lowest BCUT2D eigenvalue weighted by Crippen LogP contribution is -2.43. The molecule has 0 aliphatic carbocycles. The molecule has 0 saturated carbocycles. The van der Waals surface area contributed by atoms with Crippen LogP contribution >= 0.6 is 0 Å². The molecule has 3 rings (SSSR count). The molecule has 0 saturated heterocycles. The van der Waals surface area contributed by atoms with Gasteiger partial charge in [-0.15, -0.1) is 0 Å². The summed E-state index contributed by atoms with van der Waals surface area (Å²) in [7, 11) is 0. The van der Waals surface area contributed by atoms with Gasteiger partial charge in [-0.05, 0) is 37.1 Å². The number of aliphatic hydroxyl groups is 1. The number of benzene rings is 2. The maximum atomic E-state index is 13.8. The van der Waals surface area contributed by atoms with Gasteiger partial charge in [-0.25, -0.2) is 4.39 Å². The zero-order valence-electron chi connectivity index (χ0n) is 17.1. The Morgan fingerprint density at radius 3 is 2.47 bits per heavy atom. The molecule has 7 heteroatoms. The van der Waals surface area contributed by atoms with E-state index in [2.05, 4.69) is 10.4 Å². The van der Waals surface area contributed by atoms with E-state index in [0.29, 0.717) is 11.3 Å². The number of nitrogens with zero attached hydrogens (tertiary/aromatic N) is 2. The number of carbonyl (C=O) groups excluding carboxylic acids is 1. The molecule has 0 aliphatic heterocycles. The third-order valence-corrected chi connectivity index (χ3v) is 4.87. The number of rotatable bonds is 6. The van der Waals surface area contributed by atoms with Gasteiger partial charge < -0.3 is 10.4 Å². The molecule has 2 aromatic carbocycles. The minimum atomic E-state index is -0.672. The van der Waals surface area contributed by atoms with Crippen molar-refractivity contribution in [1.29, 1.82) is 0 Å². The Morgan fingerprint density at radius 2 is 1.87 bits per heavy atom. The number of hydrogen-bond acceptors (Lipinski definition) is 4. The van der Waals surface area contributed by atoms with E-state index in [4.69, 9.17) is 0 Å². The average molecular weight is 409 g/mol. The molecular formula is C23H24FN3O3. The molecule has 30 heavy (non-hydrogen) atoms. The summed E-state index contributed by atoms with van der Waals surface area (Å²) in [6.07, 6.45) is 0. The normalized spacial score (nSPS) is 12.1. The van der Waals surface area contributed by atoms with Gasteiger partial charge in [0, 0.05) is 5.56 Å². The van der Waals surface area contributed by atoms with E-state index in [0.717, 1.165) is 10.2 Å². The Balaban J connectivity index is 2.16. The Morgan fingerprint density at radius 1 is 1.17 bits per heavy atom. The van der Waals surface area contributed by atoms with Crippen LogP contribution in [0, 0.1) is 18.7 Å². The SMILES string of the molecule is Cc1ccc(-c2cc(C(=O)N[C@@H](CO)C(C)C)c(=O)n(-c3cccc(F)c3)n2)cc1. The molecule has 0 aliphatic rings. The fourth-order valence-electron chi connectivity index (χ4n) is 2.97. The van der Waals surface area contributed by atoms with Crippen molar-refractivity contribution < 1.29 is 14.3 Å². The molecule has 1 heterocycles. The van der Waals surface area contributed by atoms with E-state index in [1.165, 1.54) is 24.3 Å². The van der Waals surface area contributed by atoms with Gasteiger partial charge in [-0.1, -0.05) is 49.7 Å². The Kier molecular flexibility index (Phi) is 6.42. The number of aryl methyl sites for hydroxylation is 1. The fourth-order valence-corrected chi connectivity index (χ4v) is 2.97. The van der Waals surface area contributed by atoms with Gasteiger partial charge in [0.05, 0.1) is 24.0 Å².